The number of carbonyl (C=O) groups excluding carboxylic acids is 1. The highest BCUT2D eigenvalue weighted by Crippen LogP contribution is 2.43. The van der Waals surface area contributed by atoms with E-state index in [0.717, 1.165) is 19.3 Å². The van der Waals surface area contributed by atoms with Crippen molar-refractivity contribution < 1.29 is 4.79 Å². The maximum atomic E-state index is 12.0. The van der Waals surface area contributed by atoms with Crippen LogP contribution in [0.3, 0.4) is 0 Å². The molecule has 3 nitrogen and oxygen atoms in total. The average Bonchev–Trinajstić information content (AvgIpc) is 2.75. The smallest absolute Gasteiger partial charge is 0.223 e. The van der Waals surface area contributed by atoms with E-state index >= 15 is 0 Å². The van der Waals surface area contributed by atoms with E-state index < -0.39 is 0 Å². The Hall–Kier alpha value is -0.830. The number of rotatable bonds is 2. The van der Waals surface area contributed by atoms with Gasteiger partial charge in [-0.3, -0.25) is 4.79 Å². The monoisotopic (exact) mass is 206 g/mol. The molecule has 3 atom stereocenters. The zero-order valence-electron chi connectivity index (χ0n) is 8.86. The van der Waals surface area contributed by atoms with Crippen LogP contribution in [-0.2, 0) is 4.79 Å². The van der Waals surface area contributed by atoms with Crippen molar-refractivity contribution in [3.05, 3.63) is 12.2 Å². The van der Waals surface area contributed by atoms with Gasteiger partial charge in [0.25, 0.3) is 0 Å². The van der Waals surface area contributed by atoms with Crippen LogP contribution in [0.2, 0.25) is 0 Å². The quantitative estimate of drug-likeness (QED) is 0.657. The number of nitrogens with two attached hydrogens (primary N) is 1. The first-order valence-electron chi connectivity index (χ1n) is 5.96. The first kappa shape index (κ1) is 9.40. The Bertz CT molecular complexity index is 307. The lowest BCUT2D eigenvalue weighted by Gasteiger charge is -2.34. The van der Waals surface area contributed by atoms with Gasteiger partial charge in [-0.05, 0) is 37.5 Å². The maximum absolute atomic E-state index is 12.0. The van der Waals surface area contributed by atoms with Crippen LogP contribution in [0, 0.1) is 17.8 Å². The fourth-order valence-corrected chi connectivity index (χ4v) is 3.17. The summed E-state index contributed by atoms with van der Waals surface area (Å²) in [4.78, 5) is 12.0. The van der Waals surface area contributed by atoms with Crippen molar-refractivity contribution in [1.82, 2.24) is 5.32 Å². The zero-order valence-corrected chi connectivity index (χ0v) is 8.86. The maximum Gasteiger partial charge on any atom is 0.223 e. The van der Waals surface area contributed by atoms with Gasteiger partial charge in [0.2, 0.25) is 5.91 Å². The van der Waals surface area contributed by atoms with E-state index in [2.05, 4.69) is 17.5 Å². The van der Waals surface area contributed by atoms with Gasteiger partial charge >= 0.3 is 0 Å². The summed E-state index contributed by atoms with van der Waals surface area (Å²) in [6, 6.07) is 0.672. The molecule has 0 heterocycles. The minimum atomic E-state index is 0.247. The van der Waals surface area contributed by atoms with Gasteiger partial charge in [0.15, 0.2) is 0 Å². The molecule has 0 saturated heterocycles. The molecule has 3 rings (SSSR count). The molecule has 0 radical (unpaired) electrons. The SMILES string of the molecule is NC1CC(NC(=O)C2CC3C=CC2C3)C1. The van der Waals surface area contributed by atoms with E-state index in [0.29, 0.717) is 23.9 Å². The van der Waals surface area contributed by atoms with Crippen LogP contribution in [0.1, 0.15) is 25.7 Å². The van der Waals surface area contributed by atoms with E-state index in [-0.39, 0.29) is 11.8 Å². The van der Waals surface area contributed by atoms with E-state index in [9.17, 15) is 4.79 Å². The Kier molecular flexibility index (Phi) is 2.09. The minimum Gasteiger partial charge on any atom is -0.353 e. The molecule has 1 amide bonds. The molecule has 3 aliphatic rings. The Labute approximate surface area is 90.1 Å². The van der Waals surface area contributed by atoms with Gasteiger partial charge in [-0.15, -0.1) is 0 Å². The molecule has 0 aromatic rings. The molecule has 3 heteroatoms. The topological polar surface area (TPSA) is 55.1 Å². The van der Waals surface area contributed by atoms with Crippen LogP contribution in [0.4, 0.5) is 0 Å². The standard InChI is InChI=1S/C12H18N2O/c13-9-5-10(6-9)14-12(15)11-4-7-1-2-8(11)3-7/h1-2,7-11H,3-6,13H2,(H,14,15). The summed E-state index contributed by atoms with van der Waals surface area (Å²) in [6.45, 7) is 0. The van der Waals surface area contributed by atoms with E-state index in [1.165, 1.54) is 6.42 Å². The highest BCUT2D eigenvalue weighted by molar-refractivity contribution is 5.80. The van der Waals surface area contributed by atoms with Crippen molar-refractivity contribution in [3.8, 4) is 0 Å². The van der Waals surface area contributed by atoms with Gasteiger partial charge in [-0.1, -0.05) is 12.2 Å². The molecule has 0 aliphatic heterocycles. The molecule has 2 saturated carbocycles. The van der Waals surface area contributed by atoms with Crippen molar-refractivity contribution in [3.63, 3.8) is 0 Å². The van der Waals surface area contributed by atoms with Crippen molar-refractivity contribution in [2.24, 2.45) is 23.5 Å². The predicted octanol–water partition coefficient (Wildman–Crippen LogP) is 0.804. The number of carbonyl (C=O) groups is 1. The second kappa shape index (κ2) is 3.34. The second-order valence-electron chi connectivity index (χ2n) is 5.32. The van der Waals surface area contributed by atoms with Crippen molar-refractivity contribution in [2.75, 3.05) is 0 Å². The summed E-state index contributed by atoms with van der Waals surface area (Å²) in [5.74, 6) is 1.71. The van der Waals surface area contributed by atoms with Crippen LogP contribution in [0.25, 0.3) is 0 Å². The average molecular weight is 206 g/mol. The van der Waals surface area contributed by atoms with E-state index in [4.69, 9.17) is 5.73 Å². The van der Waals surface area contributed by atoms with Gasteiger partial charge in [-0.25, -0.2) is 0 Å². The molecule has 82 valence electrons. The zero-order chi connectivity index (χ0) is 10.4. The molecular weight excluding hydrogens is 188 g/mol. The fourth-order valence-electron chi connectivity index (χ4n) is 3.17. The highest BCUT2D eigenvalue weighted by atomic mass is 16.2. The Morgan fingerprint density at radius 2 is 2.00 bits per heavy atom. The first-order valence-corrected chi connectivity index (χ1v) is 5.96. The highest BCUT2D eigenvalue weighted by Gasteiger charge is 2.41. The van der Waals surface area contributed by atoms with E-state index in [1.54, 1.807) is 0 Å². The lowest BCUT2D eigenvalue weighted by atomic mass is 9.86. The number of hydrogen-bond donors (Lipinski definition) is 2. The second-order valence-corrected chi connectivity index (χ2v) is 5.32. The summed E-state index contributed by atoms with van der Waals surface area (Å²) in [6.07, 6.45) is 8.68. The molecule has 2 fully saturated rings. The van der Waals surface area contributed by atoms with Gasteiger partial charge in [0.05, 0.1) is 0 Å². The molecule has 3 N–H and O–H groups in total. The van der Waals surface area contributed by atoms with Crippen LogP contribution in [-0.4, -0.2) is 18.0 Å². The van der Waals surface area contributed by atoms with Crippen molar-refractivity contribution in [1.29, 1.82) is 0 Å². The van der Waals surface area contributed by atoms with E-state index in [1.807, 2.05) is 0 Å². The molecule has 0 aromatic carbocycles. The molecule has 3 unspecified atom stereocenters. The van der Waals surface area contributed by atoms with Gasteiger partial charge in [0.1, 0.15) is 0 Å². The summed E-state index contributed by atoms with van der Waals surface area (Å²) in [5, 5.41) is 3.12. The first-order chi connectivity index (χ1) is 7.22. The molecular formula is C12H18N2O. The summed E-state index contributed by atoms with van der Waals surface area (Å²) >= 11 is 0. The number of nitrogens with one attached hydrogen (secondary N) is 1. The summed E-state index contributed by atoms with van der Waals surface area (Å²) in [5.41, 5.74) is 5.70. The third-order valence-corrected chi connectivity index (χ3v) is 4.14. The largest absolute Gasteiger partial charge is 0.353 e. The van der Waals surface area contributed by atoms with Crippen LogP contribution in [0.15, 0.2) is 12.2 Å². The van der Waals surface area contributed by atoms with Gasteiger partial charge < -0.3 is 11.1 Å². The number of allylic oxidation sites excluding steroid dienone is 2. The van der Waals surface area contributed by atoms with Crippen LogP contribution < -0.4 is 11.1 Å². The van der Waals surface area contributed by atoms with Crippen LogP contribution in [0.5, 0.6) is 0 Å². The summed E-state index contributed by atoms with van der Waals surface area (Å²) in [7, 11) is 0. The van der Waals surface area contributed by atoms with Gasteiger partial charge in [0, 0.05) is 18.0 Å². The summed E-state index contributed by atoms with van der Waals surface area (Å²) < 4.78 is 0. The number of hydrogen-bond acceptors (Lipinski definition) is 2. The molecule has 2 bridgehead atoms. The Morgan fingerprint density at radius 1 is 1.20 bits per heavy atom. The molecule has 0 aromatic heterocycles. The lowest BCUT2D eigenvalue weighted by Crippen LogP contribution is -2.52. The van der Waals surface area contributed by atoms with Gasteiger partial charge in [-0.2, -0.15) is 0 Å². The Balaban J connectivity index is 1.55. The van der Waals surface area contributed by atoms with Crippen molar-refractivity contribution >= 4 is 5.91 Å². The predicted molar refractivity (Wildman–Crippen MR) is 58.0 cm³/mol. The molecule has 15 heavy (non-hydrogen) atoms. The Morgan fingerprint density at radius 3 is 2.53 bits per heavy atom. The normalized spacial score (nSPS) is 46.6. The van der Waals surface area contributed by atoms with Crippen LogP contribution >= 0.6 is 0 Å². The van der Waals surface area contributed by atoms with Crippen molar-refractivity contribution in [2.45, 2.75) is 37.8 Å². The fraction of sp³-hybridized carbons (Fsp3) is 0.750. The number of fused-ring (bicyclic) bond motifs is 2. The minimum absolute atomic E-state index is 0.247. The molecule has 3 aliphatic carbocycles. The third-order valence-electron chi connectivity index (χ3n) is 4.14. The molecule has 0 spiro atoms. The lowest BCUT2D eigenvalue weighted by molar-refractivity contribution is -0.127. The number of amides is 1. The third kappa shape index (κ3) is 1.59.